The maximum Gasteiger partial charge on any atom is 0.305 e. The fourth-order valence-electron chi connectivity index (χ4n) is 1.34. The molecule has 0 saturated heterocycles. The minimum atomic E-state index is -0.623. The minimum Gasteiger partial charge on any atom is -0.258 e. The van der Waals surface area contributed by atoms with Crippen LogP contribution in [0.3, 0.4) is 0 Å². The summed E-state index contributed by atoms with van der Waals surface area (Å²) >= 11 is 7.08. The number of nitriles is 1. The predicted molar refractivity (Wildman–Crippen MR) is 71.2 cm³/mol. The smallest absolute Gasteiger partial charge is 0.258 e. The number of nitro groups is 1. The first kappa shape index (κ1) is 13.3. The Hall–Kier alpha value is -2.10. The zero-order valence-electron chi connectivity index (χ0n) is 9.41. The first-order valence-electron chi connectivity index (χ1n) is 5.09. The average molecular weight is 292 g/mol. The normalized spacial score (nSPS) is 9.89. The monoisotopic (exact) mass is 291 g/mol. The number of nitrogens with zero attached hydrogens (tertiary/aromatic N) is 3. The summed E-state index contributed by atoms with van der Waals surface area (Å²) < 4.78 is 0. The number of pyridine rings is 1. The highest BCUT2D eigenvalue weighted by Gasteiger charge is 2.15. The third-order valence-electron chi connectivity index (χ3n) is 2.19. The molecule has 2 aromatic rings. The van der Waals surface area contributed by atoms with Gasteiger partial charge >= 0.3 is 5.69 Å². The zero-order chi connectivity index (χ0) is 13.8. The van der Waals surface area contributed by atoms with Gasteiger partial charge in [0, 0.05) is 16.0 Å². The summed E-state index contributed by atoms with van der Waals surface area (Å²) in [5.74, 6) is 0. The average Bonchev–Trinajstić information content (AvgIpc) is 2.41. The summed E-state index contributed by atoms with van der Waals surface area (Å²) in [6.45, 7) is 0. The van der Waals surface area contributed by atoms with Crippen LogP contribution in [0.5, 0.6) is 0 Å². The predicted octanol–water partition coefficient (Wildman–Crippen LogP) is 3.67. The molecule has 7 heteroatoms. The number of hydrogen-bond acceptors (Lipinski definition) is 5. The molecule has 1 aromatic carbocycles. The van der Waals surface area contributed by atoms with Crippen LogP contribution in [0.2, 0.25) is 5.02 Å². The van der Waals surface area contributed by atoms with Crippen molar-refractivity contribution in [2.45, 2.75) is 9.92 Å². The Morgan fingerprint density at radius 3 is 2.53 bits per heavy atom. The van der Waals surface area contributed by atoms with Crippen molar-refractivity contribution in [1.29, 1.82) is 5.26 Å². The van der Waals surface area contributed by atoms with E-state index in [2.05, 4.69) is 4.98 Å². The zero-order valence-corrected chi connectivity index (χ0v) is 11.0. The van der Waals surface area contributed by atoms with Crippen LogP contribution in [-0.2, 0) is 0 Å². The fourth-order valence-corrected chi connectivity index (χ4v) is 2.26. The van der Waals surface area contributed by atoms with Crippen molar-refractivity contribution in [3.05, 3.63) is 57.2 Å². The highest BCUT2D eigenvalue weighted by molar-refractivity contribution is 7.99. The number of aromatic nitrogens is 1. The van der Waals surface area contributed by atoms with E-state index in [1.807, 2.05) is 12.1 Å². The van der Waals surface area contributed by atoms with Crippen LogP contribution in [0.4, 0.5) is 5.69 Å². The van der Waals surface area contributed by atoms with Crippen LogP contribution in [0, 0.1) is 21.4 Å². The summed E-state index contributed by atoms with van der Waals surface area (Å²) in [6, 6.07) is 11.6. The van der Waals surface area contributed by atoms with Crippen molar-refractivity contribution in [2.24, 2.45) is 0 Å². The first-order chi connectivity index (χ1) is 9.10. The summed E-state index contributed by atoms with van der Waals surface area (Å²) in [6.07, 6.45) is 0. The van der Waals surface area contributed by atoms with E-state index in [0.717, 1.165) is 4.90 Å². The van der Waals surface area contributed by atoms with Gasteiger partial charge in [0.1, 0.15) is 11.1 Å². The molecule has 0 radical (unpaired) electrons. The van der Waals surface area contributed by atoms with Crippen molar-refractivity contribution in [1.82, 2.24) is 4.98 Å². The van der Waals surface area contributed by atoms with Gasteiger partial charge in [-0.2, -0.15) is 5.26 Å². The van der Waals surface area contributed by atoms with Crippen molar-refractivity contribution < 1.29 is 4.92 Å². The van der Waals surface area contributed by atoms with E-state index in [1.165, 1.54) is 23.9 Å². The topological polar surface area (TPSA) is 79.8 Å². The number of hydrogen-bond donors (Lipinski definition) is 0. The van der Waals surface area contributed by atoms with E-state index in [0.29, 0.717) is 10.0 Å². The van der Waals surface area contributed by atoms with E-state index in [9.17, 15) is 10.1 Å². The molecule has 94 valence electrons. The second-order valence-electron chi connectivity index (χ2n) is 3.44. The lowest BCUT2D eigenvalue weighted by atomic mass is 10.3. The Labute approximate surface area is 118 Å². The molecule has 0 spiro atoms. The SMILES string of the molecule is N#Cc1nc(Sc2ccc(Cl)cc2)ccc1[N+](=O)[O-]. The van der Waals surface area contributed by atoms with Gasteiger partial charge in [-0.1, -0.05) is 23.4 Å². The number of halogens is 1. The van der Waals surface area contributed by atoms with Crippen molar-refractivity contribution in [2.75, 3.05) is 0 Å². The number of benzene rings is 1. The molecule has 1 heterocycles. The van der Waals surface area contributed by atoms with Gasteiger partial charge in [-0.05, 0) is 30.3 Å². The van der Waals surface area contributed by atoms with Crippen LogP contribution >= 0.6 is 23.4 Å². The third kappa shape index (κ3) is 3.22. The van der Waals surface area contributed by atoms with Crippen LogP contribution in [-0.4, -0.2) is 9.91 Å². The maximum absolute atomic E-state index is 10.7. The van der Waals surface area contributed by atoms with Crippen LogP contribution < -0.4 is 0 Å². The molecular weight excluding hydrogens is 286 g/mol. The lowest BCUT2D eigenvalue weighted by molar-refractivity contribution is -0.385. The fraction of sp³-hybridized carbons (Fsp3) is 0. The van der Waals surface area contributed by atoms with E-state index in [1.54, 1.807) is 18.2 Å². The minimum absolute atomic E-state index is 0.191. The Balaban J connectivity index is 2.29. The van der Waals surface area contributed by atoms with Crippen LogP contribution in [0.15, 0.2) is 46.3 Å². The Bertz CT molecular complexity index is 668. The highest BCUT2D eigenvalue weighted by Crippen LogP contribution is 2.29. The van der Waals surface area contributed by atoms with E-state index in [-0.39, 0.29) is 11.4 Å². The molecule has 5 nitrogen and oxygen atoms in total. The van der Waals surface area contributed by atoms with Gasteiger partial charge in [0.15, 0.2) is 0 Å². The Morgan fingerprint density at radius 2 is 1.95 bits per heavy atom. The molecule has 2 rings (SSSR count). The summed E-state index contributed by atoms with van der Waals surface area (Å²) in [4.78, 5) is 14.9. The van der Waals surface area contributed by atoms with Gasteiger partial charge < -0.3 is 0 Å². The van der Waals surface area contributed by atoms with Gasteiger partial charge in [-0.15, -0.1) is 0 Å². The van der Waals surface area contributed by atoms with E-state index < -0.39 is 4.92 Å². The van der Waals surface area contributed by atoms with Gasteiger partial charge in [0.2, 0.25) is 5.69 Å². The number of rotatable bonds is 3. The van der Waals surface area contributed by atoms with Gasteiger partial charge in [0.05, 0.1) is 4.92 Å². The Morgan fingerprint density at radius 1 is 1.26 bits per heavy atom. The first-order valence-corrected chi connectivity index (χ1v) is 6.28. The van der Waals surface area contributed by atoms with Crippen LogP contribution in [0.1, 0.15) is 5.69 Å². The lowest BCUT2D eigenvalue weighted by Crippen LogP contribution is -1.95. The molecule has 0 fully saturated rings. The largest absolute Gasteiger partial charge is 0.305 e. The quantitative estimate of drug-likeness (QED) is 0.637. The molecule has 19 heavy (non-hydrogen) atoms. The molecule has 0 N–H and O–H groups in total. The van der Waals surface area contributed by atoms with Crippen LogP contribution in [0.25, 0.3) is 0 Å². The van der Waals surface area contributed by atoms with E-state index in [4.69, 9.17) is 16.9 Å². The van der Waals surface area contributed by atoms with Crippen molar-refractivity contribution in [3.63, 3.8) is 0 Å². The third-order valence-corrected chi connectivity index (χ3v) is 3.38. The van der Waals surface area contributed by atoms with E-state index >= 15 is 0 Å². The van der Waals surface area contributed by atoms with Crippen molar-refractivity contribution >= 4 is 29.1 Å². The molecule has 0 aliphatic heterocycles. The molecule has 0 atom stereocenters. The highest BCUT2D eigenvalue weighted by atomic mass is 35.5. The molecule has 0 saturated carbocycles. The summed E-state index contributed by atoms with van der Waals surface area (Å²) in [5.41, 5.74) is -0.480. The summed E-state index contributed by atoms with van der Waals surface area (Å²) in [5, 5.41) is 20.7. The molecule has 0 aliphatic carbocycles. The molecule has 0 aliphatic rings. The van der Waals surface area contributed by atoms with Gasteiger partial charge in [-0.25, -0.2) is 4.98 Å². The standard InChI is InChI=1S/C12H6ClN3O2S/c13-8-1-3-9(4-2-8)19-12-6-5-11(16(17)18)10(7-14)15-12/h1-6H. The molecule has 0 bridgehead atoms. The Kier molecular flexibility index (Phi) is 4.00. The summed E-state index contributed by atoms with van der Waals surface area (Å²) in [7, 11) is 0. The molecule has 0 unspecified atom stereocenters. The molecule has 0 amide bonds. The van der Waals surface area contributed by atoms with Gasteiger partial charge in [0.25, 0.3) is 0 Å². The van der Waals surface area contributed by atoms with Gasteiger partial charge in [-0.3, -0.25) is 10.1 Å². The second-order valence-corrected chi connectivity index (χ2v) is 4.97. The lowest BCUT2D eigenvalue weighted by Gasteiger charge is -2.01. The maximum atomic E-state index is 10.7. The molecule has 1 aromatic heterocycles. The second kappa shape index (κ2) is 5.69. The van der Waals surface area contributed by atoms with Crippen molar-refractivity contribution in [3.8, 4) is 6.07 Å². The molecular formula is C12H6ClN3O2S.